The van der Waals surface area contributed by atoms with Crippen LogP contribution in [0.25, 0.3) is 55.8 Å². The molecule has 0 saturated heterocycles. The molecule has 0 fully saturated rings. The van der Waals surface area contributed by atoms with Gasteiger partial charge in [-0.2, -0.15) is 0 Å². The van der Waals surface area contributed by atoms with E-state index in [1.165, 1.54) is 11.1 Å². The van der Waals surface area contributed by atoms with Crippen LogP contribution in [0.2, 0.25) is 0 Å². The van der Waals surface area contributed by atoms with Crippen LogP contribution in [0.5, 0.6) is 0 Å². The van der Waals surface area contributed by atoms with Gasteiger partial charge in [-0.1, -0.05) is 84.9 Å². The van der Waals surface area contributed by atoms with Crippen LogP contribution in [0.15, 0.2) is 97.1 Å². The number of para-hydroxylation sites is 4. The van der Waals surface area contributed by atoms with E-state index in [4.69, 9.17) is 9.97 Å². The molecular formula is C28H18N2. The zero-order chi connectivity index (χ0) is 19.9. The molecular weight excluding hydrogens is 364 g/mol. The number of rotatable bonds is 2. The van der Waals surface area contributed by atoms with Crippen LogP contribution in [0.3, 0.4) is 0 Å². The second kappa shape index (κ2) is 6.78. The zero-order valence-electron chi connectivity index (χ0n) is 16.3. The Bertz CT molecular complexity index is 1370. The first-order valence-corrected chi connectivity index (χ1v) is 10.1. The second-order valence-corrected chi connectivity index (χ2v) is 7.45. The van der Waals surface area contributed by atoms with E-state index in [0.717, 1.165) is 43.6 Å². The summed E-state index contributed by atoms with van der Waals surface area (Å²) >= 11 is 0. The largest absolute Gasteiger partial charge is 0.248 e. The highest BCUT2D eigenvalue weighted by Gasteiger charge is 2.09. The van der Waals surface area contributed by atoms with E-state index >= 15 is 0 Å². The molecule has 0 amide bonds. The first-order chi connectivity index (χ1) is 14.9. The quantitative estimate of drug-likeness (QED) is 0.295. The number of pyridine rings is 2. The molecule has 2 heteroatoms. The summed E-state index contributed by atoms with van der Waals surface area (Å²) in [6.07, 6.45) is 4.47. The average Bonchev–Trinajstić information content (AvgIpc) is 2.81. The van der Waals surface area contributed by atoms with Crippen molar-refractivity contribution in [3.05, 3.63) is 108 Å². The minimum Gasteiger partial charge on any atom is -0.248 e. The first-order valence-electron chi connectivity index (χ1n) is 10.1. The third kappa shape index (κ3) is 2.66. The Labute approximate surface area is 174 Å². The lowest BCUT2D eigenvalue weighted by atomic mass is 9.98. The topological polar surface area (TPSA) is 25.8 Å². The Balaban J connectivity index is 1.67. The predicted octanol–water partition coefficient (Wildman–Crippen LogP) is 7.26. The van der Waals surface area contributed by atoms with Crippen LogP contribution in [0.4, 0.5) is 0 Å². The van der Waals surface area contributed by atoms with Crippen LogP contribution in [-0.4, -0.2) is 9.97 Å². The van der Waals surface area contributed by atoms with Crippen molar-refractivity contribution in [3.8, 4) is 0 Å². The lowest BCUT2D eigenvalue weighted by Gasteiger charge is -2.09. The van der Waals surface area contributed by atoms with E-state index in [1.54, 1.807) is 0 Å². The van der Waals surface area contributed by atoms with Gasteiger partial charge in [0.05, 0.1) is 22.1 Å². The molecule has 0 N–H and O–H groups in total. The van der Waals surface area contributed by atoms with Crippen molar-refractivity contribution in [1.82, 2.24) is 9.97 Å². The van der Waals surface area contributed by atoms with Gasteiger partial charge in [0.25, 0.3) is 0 Å². The molecule has 140 valence electrons. The number of aromatic nitrogens is 2. The summed E-state index contributed by atoms with van der Waals surface area (Å²) in [5.74, 6) is 0. The Kier molecular flexibility index (Phi) is 3.82. The smallest absolute Gasteiger partial charge is 0.0715 e. The van der Waals surface area contributed by atoms with E-state index in [9.17, 15) is 0 Å². The van der Waals surface area contributed by atoms with Gasteiger partial charge in [-0.15, -0.1) is 0 Å². The molecule has 0 radical (unpaired) electrons. The molecule has 6 aromatic rings. The van der Waals surface area contributed by atoms with Crippen molar-refractivity contribution in [3.63, 3.8) is 0 Å². The van der Waals surface area contributed by atoms with Crippen LogP contribution in [0.1, 0.15) is 11.1 Å². The maximum absolute atomic E-state index is 4.85. The summed E-state index contributed by atoms with van der Waals surface area (Å²) in [7, 11) is 0. The van der Waals surface area contributed by atoms with E-state index in [2.05, 4.69) is 84.9 Å². The van der Waals surface area contributed by atoms with Gasteiger partial charge in [-0.3, -0.25) is 0 Å². The number of hydrogen-bond acceptors (Lipinski definition) is 2. The highest BCUT2D eigenvalue weighted by molar-refractivity contribution is 6.08. The van der Waals surface area contributed by atoms with Crippen molar-refractivity contribution >= 4 is 55.8 Å². The van der Waals surface area contributed by atoms with E-state index in [0.29, 0.717) is 0 Å². The highest BCUT2D eigenvalue weighted by Crippen LogP contribution is 2.31. The predicted molar refractivity (Wildman–Crippen MR) is 127 cm³/mol. The molecule has 0 aliphatic rings. The van der Waals surface area contributed by atoms with Crippen molar-refractivity contribution in [2.45, 2.75) is 0 Å². The lowest BCUT2D eigenvalue weighted by Crippen LogP contribution is -1.89. The molecule has 2 nitrogen and oxygen atoms in total. The van der Waals surface area contributed by atoms with Crippen molar-refractivity contribution in [2.75, 3.05) is 0 Å². The fraction of sp³-hybridized carbons (Fsp3) is 0. The Morgan fingerprint density at radius 1 is 0.367 bits per heavy atom. The second-order valence-electron chi connectivity index (χ2n) is 7.45. The minimum atomic E-state index is 1.01. The van der Waals surface area contributed by atoms with E-state index in [1.807, 2.05) is 24.3 Å². The molecule has 0 unspecified atom stereocenters. The summed E-state index contributed by atoms with van der Waals surface area (Å²) in [5.41, 5.74) is 6.45. The van der Waals surface area contributed by atoms with Gasteiger partial charge in [0.1, 0.15) is 0 Å². The van der Waals surface area contributed by atoms with Gasteiger partial charge in [0.2, 0.25) is 0 Å². The molecule has 4 aromatic carbocycles. The van der Waals surface area contributed by atoms with Gasteiger partial charge >= 0.3 is 0 Å². The summed E-state index contributed by atoms with van der Waals surface area (Å²) < 4.78 is 0. The molecule has 0 aliphatic heterocycles. The fourth-order valence-electron chi connectivity index (χ4n) is 4.27. The SMILES string of the molecule is C(=C\c1c2ccccc2nc2ccccc12)/c1c2ccccc2nc2ccccc12. The number of fused-ring (bicyclic) bond motifs is 4. The lowest BCUT2D eigenvalue weighted by molar-refractivity contribution is 1.49. The minimum absolute atomic E-state index is 1.01. The van der Waals surface area contributed by atoms with Crippen LogP contribution >= 0.6 is 0 Å². The molecule has 2 heterocycles. The molecule has 0 saturated carbocycles. The summed E-state index contributed by atoms with van der Waals surface area (Å²) in [6, 6.07) is 33.4. The standard InChI is InChI=1S/C28H18N2/c1-5-13-25-21(9-1)19(22-10-2-6-14-26(22)29-25)17-18-20-23-11-3-7-15-27(23)30-28-16-8-4-12-24(20)28/h1-18H/b18-17+. The monoisotopic (exact) mass is 382 g/mol. The maximum atomic E-state index is 4.85. The Hall–Kier alpha value is -4.04. The Morgan fingerprint density at radius 3 is 0.933 bits per heavy atom. The summed E-state index contributed by atoms with van der Waals surface area (Å²) in [6.45, 7) is 0. The molecule has 0 atom stereocenters. The van der Waals surface area contributed by atoms with Crippen LogP contribution < -0.4 is 0 Å². The normalized spacial score (nSPS) is 11.9. The van der Waals surface area contributed by atoms with Crippen LogP contribution in [-0.2, 0) is 0 Å². The molecule has 0 aliphatic carbocycles. The zero-order valence-corrected chi connectivity index (χ0v) is 16.3. The summed E-state index contributed by atoms with van der Waals surface area (Å²) in [4.78, 5) is 9.70. The maximum Gasteiger partial charge on any atom is 0.0715 e. The van der Waals surface area contributed by atoms with Gasteiger partial charge in [-0.25, -0.2) is 9.97 Å². The van der Waals surface area contributed by atoms with E-state index in [-0.39, 0.29) is 0 Å². The number of benzene rings is 4. The third-order valence-electron chi connectivity index (χ3n) is 5.68. The summed E-state index contributed by atoms with van der Waals surface area (Å²) in [5, 5.41) is 4.65. The third-order valence-corrected chi connectivity index (χ3v) is 5.68. The van der Waals surface area contributed by atoms with Gasteiger partial charge in [-0.05, 0) is 35.4 Å². The molecule has 0 bridgehead atoms. The van der Waals surface area contributed by atoms with Gasteiger partial charge < -0.3 is 0 Å². The Morgan fingerprint density at radius 2 is 0.633 bits per heavy atom. The van der Waals surface area contributed by atoms with E-state index < -0.39 is 0 Å². The number of hydrogen-bond donors (Lipinski definition) is 0. The molecule has 30 heavy (non-hydrogen) atoms. The molecule has 6 rings (SSSR count). The van der Waals surface area contributed by atoms with Crippen molar-refractivity contribution < 1.29 is 0 Å². The van der Waals surface area contributed by atoms with Gasteiger partial charge in [0.15, 0.2) is 0 Å². The fourth-order valence-corrected chi connectivity index (χ4v) is 4.27. The highest BCUT2D eigenvalue weighted by atomic mass is 14.7. The van der Waals surface area contributed by atoms with Crippen LogP contribution in [0, 0.1) is 0 Å². The van der Waals surface area contributed by atoms with Crippen molar-refractivity contribution in [1.29, 1.82) is 0 Å². The molecule has 2 aromatic heterocycles. The van der Waals surface area contributed by atoms with Crippen molar-refractivity contribution in [2.24, 2.45) is 0 Å². The van der Waals surface area contributed by atoms with Gasteiger partial charge in [0, 0.05) is 21.5 Å². The molecule has 0 spiro atoms. The number of nitrogens with zero attached hydrogens (tertiary/aromatic N) is 2. The average molecular weight is 382 g/mol. The first kappa shape index (κ1) is 16.9.